The van der Waals surface area contributed by atoms with Gasteiger partial charge in [-0.2, -0.15) is 24.9 Å². The van der Waals surface area contributed by atoms with Gasteiger partial charge in [0.15, 0.2) is 0 Å². The Morgan fingerprint density at radius 3 is 2.75 bits per heavy atom. The summed E-state index contributed by atoms with van der Waals surface area (Å²) in [5.74, 6) is 0.638. The first-order valence-corrected chi connectivity index (χ1v) is 9.03. The Morgan fingerprint density at radius 2 is 2.17 bits per heavy atom. The molecule has 1 aliphatic rings. The SMILES string of the molecule is CC[C@@H]1C[C@H](O)c2cc(C(F)(F)F)ccc2N1C(=O)OCCSC. The van der Waals surface area contributed by atoms with E-state index in [0.29, 0.717) is 12.2 Å². The highest BCUT2D eigenvalue weighted by Crippen LogP contribution is 2.41. The second-order valence-electron chi connectivity index (χ2n) is 5.56. The van der Waals surface area contributed by atoms with Gasteiger partial charge in [0.2, 0.25) is 0 Å². The van der Waals surface area contributed by atoms with Crippen LogP contribution in [0.25, 0.3) is 0 Å². The number of aliphatic hydroxyl groups excluding tert-OH is 1. The fourth-order valence-corrected chi connectivity index (χ4v) is 3.03. The molecule has 1 aromatic rings. The maximum Gasteiger partial charge on any atom is 0.416 e. The number of nitrogens with zero attached hydrogens (tertiary/aromatic N) is 1. The molecular weight excluding hydrogens is 343 g/mol. The molecule has 8 heteroatoms. The molecule has 134 valence electrons. The molecular formula is C16H20F3NO3S. The van der Waals surface area contributed by atoms with Crippen LogP contribution in [0.2, 0.25) is 0 Å². The summed E-state index contributed by atoms with van der Waals surface area (Å²) < 4.78 is 43.9. The fraction of sp³-hybridized carbons (Fsp3) is 0.562. The second kappa shape index (κ2) is 7.65. The van der Waals surface area contributed by atoms with Crippen LogP contribution in [0, 0.1) is 0 Å². The highest BCUT2D eigenvalue weighted by atomic mass is 32.2. The molecule has 0 radical (unpaired) electrons. The minimum atomic E-state index is -4.50. The molecule has 0 saturated carbocycles. The van der Waals surface area contributed by atoms with E-state index in [2.05, 4.69) is 0 Å². The number of hydrogen-bond donors (Lipinski definition) is 1. The summed E-state index contributed by atoms with van der Waals surface area (Å²) in [5, 5.41) is 10.2. The standard InChI is InChI=1S/C16H20F3NO3S/c1-3-11-9-14(21)12-8-10(16(17,18)19)4-5-13(12)20(11)15(22)23-6-7-24-2/h4-5,8,11,14,21H,3,6-7,9H2,1-2H3/t11-,14+/m1/s1. The lowest BCUT2D eigenvalue weighted by molar-refractivity contribution is -0.137. The molecule has 0 aliphatic carbocycles. The summed E-state index contributed by atoms with van der Waals surface area (Å²) in [4.78, 5) is 13.7. The van der Waals surface area contributed by atoms with Crippen LogP contribution < -0.4 is 4.90 Å². The summed E-state index contributed by atoms with van der Waals surface area (Å²) >= 11 is 1.53. The predicted octanol–water partition coefficient (Wildman–Crippen LogP) is 4.23. The number of rotatable bonds is 4. The first kappa shape index (κ1) is 18.9. The number of anilines is 1. The average molecular weight is 363 g/mol. The number of fused-ring (bicyclic) bond motifs is 1. The van der Waals surface area contributed by atoms with E-state index in [1.807, 2.05) is 13.2 Å². The lowest BCUT2D eigenvalue weighted by Crippen LogP contribution is -2.45. The van der Waals surface area contributed by atoms with Crippen LogP contribution in [-0.4, -0.2) is 35.9 Å². The number of hydrogen-bond acceptors (Lipinski definition) is 4. The Bertz CT molecular complexity index is 594. The van der Waals surface area contributed by atoms with Gasteiger partial charge in [0.25, 0.3) is 0 Å². The molecule has 1 aromatic carbocycles. The molecule has 0 aromatic heterocycles. The van der Waals surface area contributed by atoms with Crippen LogP contribution >= 0.6 is 11.8 Å². The molecule has 2 rings (SSSR count). The minimum absolute atomic E-state index is 0.108. The van der Waals surface area contributed by atoms with Gasteiger partial charge >= 0.3 is 12.3 Å². The van der Waals surface area contributed by atoms with E-state index >= 15 is 0 Å². The normalized spacial score (nSPS) is 20.7. The molecule has 0 saturated heterocycles. The molecule has 0 unspecified atom stereocenters. The number of carbonyl (C=O) groups excluding carboxylic acids is 1. The van der Waals surface area contributed by atoms with Crippen LogP contribution in [0.4, 0.5) is 23.7 Å². The molecule has 1 aliphatic heterocycles. The van der Waals surface area contributed by atoms with E-state index in [9.17, 15) is 23.1 Å². The quantitative estimate of drug-likeness (QED) is 0.814. The summed E-state index contributed by atoms with van der Waals surface area (Å²) in [6.07, 6.45) is -3.50. The van der Waals surface area contributed by atoms with Gasteiger partial charge in [0.1, 0.15) is 6.61 Å². The zero-order chi connectivity index (χ0) is 17.9. The van der Waals surface area contributed by atoms with Gasteiger partial charge in [0.05, 0.1) is 17.4 Å². The van der Waals surface area contributed by atoms with Crippen LogP contribution in [-0.2, 0) is 10.9 Å². The van der Waals surface area contributed by atoms with Crippen molar-refractivity contribution in [3.8, 4) is 0 Å². The maximum atomic E-state index is 12.9. The highest BCUT2D eigenvalue weighted by Gasteiger charge is 2.38. The minimum Gasteiger partial charge on any atom is -0.448 e. The van der Waals surface area contributed by atoms with Crippen LogP contribution in [0.5, 0.6) is 0 Å². The van der Waals surface area contributed by atoms with Gasteiger partial charge in [-0.3, -0.25) is 4.90 Å². The number of alkyl halides is 3. The van der Waals surface area contributed by atoms with Crippen molar-refractivity contribution in [1.82, 2.24) is 0 Å². The van der Waals surface area contributed by atoms with Gasteiger partial charge < -0.3 is 9.84 Å². The third kappa shape index (κ3) is 3.97. The summed E-state index contributed by atoms with van der Waals surface area (Å²) in [6, 6.07) is 2.75. The van der Waals surface area contributed by atoms with Crippen molar-refractivity contribution in [3.05, 3.63) is 29.3 Å². The second-order valence-corrected chi connectivity index (χ2v) is 6.55. The van der Waals surface area contributed by atoms with Gasteiger partial charge in [-0.1, -0.05) is 6.92 Å². The number of aliphatic hydroxyl groups is 1. The molecule has 2 atom stereocenters. The molecule has 1 amide bonds. The maximum absolute atomic E-state index is 12.9. The number of ether oxygens (including phenoxy) is 1. The van der Waals surface area contributed by atoms with Crippen molar-refractivity contribution in [2.45, 2.75) is 38.1 Å². The van der Waals surface area contributed by atoms with Gasteiger partial charge in [-0.25, -0.2) is 4.79 Å². The number of amides is 1. The van der Waals surface area contributed by atoms with E-state index in [-0.39, 0.29) is 30.3 Å². The van der Waals surface area contributed by atoms with Crippen molar-refractivity contribution >= 4 is 23.5 Å². The van der Waals surface area contributed by atoms with Crippen LogP contribution in [0.1, 0.15) is 37.0 Å². The number of thioether (sulfide) groups is 1. The van der Waals surface area contributed by atoms with E-state index in [1.54, 1.807) is 0 Å². The average Bonchev–Trinajstić information content (AvgIpc) is 2.53. The van der Waals surface area contributed by atoms with E-state index < -0.39 is 23.9 Å². The third-order valence-electron chi connectivity index (χ3n) is 4.01. The Kier molecular flexibility index (Phi) is 6.03. The predicted molar refractivity (Wildman–Crippen MR) is 87.3 cm³/mol. The first-order chi connectivity index (χ1) is 11.3. The van der Waals surface area contributed by atoms with Crippen molar-refractivity contribution < 1.29 is 27.8 Å². The molecule has 0 fully saturated rings. The zero-order valence-electron chi connectivity index (χ0n) is 13.5. The van der Waals surface area contributed by atoms with Crippen molar-refractivity contribution in [3.63, 3.8) is 0 Å². The largest absolute Gasteiger partial charge is 0.448 e. The fourth-order valence-electron chi connectivity index (χ4n) is 2.78. The molecule has 1 heterocycles. The van der Waals surface area contributed by atoms with E-state index in [4.69, 9.17) is 4.74 Å². The monoisotopic (exact) mass is 363 g/mol. The van der Waals surface area contributed by atoms with E-state index in [1.165, 1.54) is 22.7 Å². The van der Waals surface area contributed by atoms with Gasteiger partial charge in [0, 0.05) is 17.4 Å². The third-order valence-corrected chi connectivity index (χ3v) is 4.59. The Morgan fingerprint density at radius 1 is 1.46 bits per heavy atom. The molecule has 4 nitrogen and oxygen atoms in total. The topological polar surface area (TPSA) is 49.8 Å². The molecule has 1 N–H and O–H groups in total. The first-order valence-electron chi connectivity index (χ1n) is 7.63. The highest BCUT2D eigenvalue weighted by molar-refractivity contribution is 7.98. The zero-order valence-corrected chi connectivity index (χ0v) is 14.3. The Labute approximate surface area is 143 Å². The summed E-state index contributed by atoms with van der Waals surface area (Å²) in [5.41, 5.74) is -0.454. The molecule has 0 bridgehead atoms. The summed E-state index contributed by atoms with van der Waals surface area (Å²) in [7, 11) is 0. The number of benzene rings is 1. The molecule has 0 spiro atoms. The Balaban J connectivity index is 2.37. The smallest absolute Gasteiger partial charge is 0.416 e. The van der Waals surface area contributed by atoms with Crippen LogP contribution in [0.3, 0.4) is 0 Å². The van der Waals surface area contributed by atoms with Crippen LogP contribution in [0.15, 0.2) is 18.2 Å². The van der Waals surface area contributed by atoms with Gasteiger partial charge in [-0.05, 0) is 37.3 Å². The number of halogens is 3. The van der Waals surface area contributed by atoms with Crippen molar-refractivity contribution in [2.75, 3.05) is 23.5 Å². The lowest BCUT2D eigenvalue weighted by atomic mass is 9.91. The number of carbonyl (C=O) groups is 1. The van der Waals surface area contributed by atoms with E-state index in [0.717, 1.165) is 12.1 Å². The summed E-state index contributed by atoms with van der Waals surface area (Å²) in [6.45, 7) is 2.08. The van der Waals surface area contributed by atoms with Crippen molar-refractivity contribution in [1.29, 1.82) is 0 Å². The van der Waals surface area contributed by atoms with Gasteiger partial charge in [-0.15, -0.1) is 0 Å². The lowest BCUT2D eigenvalue weighted by Gasteiger charge is -2.38. The van der Waals surface area contributed by atoms with Crippen molar-refractivity contribution in [2.24, 2.45) is 0 Å². The molecule has 24 heavy (non-hydrogen) atoms. The Hall–Kier alpha value is -1.41.